The lowest BCUT2D eigenvalue weighted by Gasteiger charge is -2.25. The van der Waals surface area contributed by atoms with Gasteiger partial charge in [0.25, 0.3) is 0 Å². The third-order valence-electron chi connectivity index (χ3n) is 4.51. The van der Waals surface area contributed by atoms with Crippen molar-refractivity contribution in [2.75, 3.05) is 19.2 Å². The number of benzene rings is 2. The van der Waals surface area contributed by atoms with Crippen LogP contribution in [-0.4, -0.2) is 24.8 Å². The van der Waals surface area contributed by atoms with E-state index in [0.717, 1.165) is 12.8 Å². The number of nitrogens with one attached hydrogen (secondary N) is 1. The topological polar surface area (TPSA) is 50.8 Å². The van der Waals surface area contributed by atoms with Crippen LogP contribution in [0, 0.1) is 0 Å². The Labute approximate surface area is 134 Å². The molecule has 1 aliphatic carbocycles. The quantitative estimate of drug-likeness (QED) is 0.922. The van der Waals surface area contributed by atoms with Crippen LogP contribution in [-0.2, 0) is 6.42 Å². The summed E-state index contributed by atoms with van der Waals surface area (Å²) >= 11 is 0. The number of anilines is 1. The maximum Gasteiger partial charge on any atom is 0.322 e. The van der Waals surface area contributed by atoms with Crippen molar-refractivity contribution < 1.29 is 14.3 Å². The van der Waals surface area contributed by atoms with E-state index in [1.165, 1.54) is 11.1 Å². The first-order valence-corrected chi connectivity index (χ1v) is 7.73. The molecule has 1 atom stereocenters. The number of nitrogens with zero attached hydrogens (tertiary/aromatic N) is 1. The number of carbonyl (C=O) groups is 1. The summed E-state index contributed by atoms with van der Waals surface area (Å²) < 4.78 is 10.6. The highest BCUT2D eigenvalue weighted by Gasteiger charge is 2.28. The van der Waals surface area contributed by atoms with Gasteiger partial charge in [-0.3, -0.25) is 0 Å². The first kappa shape index (κ1) is 13.9. The number of hydrogen-bond acceptors (Lipinski definition) is 3. The minimum atomic E-state index is -0.120. The second kappa shape index (κ2) is 5.50. The highest BCUT2D eigenvalue weighted by molar-refractivity contribution is 5.90. The molecule has 0 spiro atoms. The molecular formula is C18H18N2O3. The Kier molecular flexibility index (Phi) is 3.33. The Morgan fingerprint density at radius 2 is 2.00 bits per heavy atom. The summed E-state index contributed by atoms with van der Waals surface area (Å²) in [5.74, 6) is 1.37. The van der Waals surface area contributed by atoms with Gasteiger partial charge in [-0.1, -0.05) is 24.3 Å². The number of rotatable bonds is 2. The Balaban J connectivity index is 1.49. The van der Waals surface area contributed by atoms with Crippen molar-refractivity contribution in [1.29, 1.82) is 0 Å². The van der Waals surface area contributed by atoms with Crippen molar-refractivity contribution in [3.63, 3.8) is 0 Å². The van der Waals surface area contributed by atoms with E-state index in [1.54, 1.807) is 11.0 Å². The lowest BCUT2D eigenvalue weighted by molar-refractivity contribution is 0.174. The van der Waals surface area contributed by atoms with E-state index in [4.69, 9.17) is 9.47 Å². The smallest absolute Gasteiger partial charge is 0.322 e. The van der Waals surface area contributed by atoms with Crippen LogP contribution >= 0.6 is 0 Å². The van der Waals surface area contributed by atoms with Gasteiger partial charge < -0.3 is 19.7 Å². The molecule has 5 heteroatoms. The molecule has 0 saturated heterocycles. The summed E-state index contributed by atoms with van der Waals surface area (Å²) in [6, 6.07) is 13.7. The van der Waals surface area contributed by atoms with E-state index >= 15 is 0 Å². The molecule has 1 N–H and O–H groups in total. The second-order valence-corrected chi connectivity index (χ2v) is 5.86. The van der Waals surface area contributed by atoms with Crippen LogP contribution in [0.5, 0.6) is 11.5 Å². The average molecular weight is 310 g/mol. The zero-order chi connectivity index (χ0) is 15.8. The van der Waals surface area contributed by atoms with Crippen LogP contribution in [0.1, 0.15) is 23.6 Å². The normalized spacial score (nSPS) is 17.7. The molecule has 2 aromatic carbocycles. The minimum absolute atomic E-state index is 0.120. The van der Waals surface area contributed by atoms with Gasteiger partial charge in [-0.05, 0) is 36.1 Å². The van der Waals surface area contributed by atoms with E-state index in [0.29, 0.717) is 17.2 Å². The van der Waals surface area contributed by atoms with Crippen molar-refractivity contribution in [2.45, 2.75) is 18.9 Å². The van der Waals surface area contributed by atoms with E-state index in [1.807, 2.05) is 31.3 Å². The second-order valence-electron chi connectivity index (χ2n) is 5.86. The standard InChI is InChI=1S/C18H18N2O3/c1-20(15-8-6-12-4-2-3-5-14(12)15)18(21)19-13-7-9-16-17(10-13)23-11-22-16/h2-5,7,9-10,15H,6,8,11H2,1H3,(H,19,21). The Bertz CT molecular complexity index is 760. The van der Waals surface area contributed by atoms with Crippen LogP contribution in [0.25, 0.3) is 0 Å². The Morgan fingerprint density at radius 3 is 2.91 bits per heavy atom. The molecule has 0 aromatic heterocycles. The van der Waals surface area contributed by atoms with Gasteiger partial charge in [0.1, 0.15) is 0 Å². The Hall–Kier alpha value is -2.69. The van der Waals surface area contributed by atoms with Crippen LogP contribution in [0.3, 0.4) is 0 Å². The molecule has 118 valence electrons. The van der Waals surface area contributed by atoms with Gasteiger partial charge in [-0.2, -0.15) is 0 Å². The molecule has 2 amide bonds. The molecule has 1 aliphatic heterocycles. The minimum Gasteiger partial charge on any atom is -0.454 e. The van der Waals surface area contributed by atoms with E-state index in [-0.39, 0.29) is 18.9 Å². The lowest BCUT2D eigenvalue weighted by Crippen LogP contribution is -2.33. The Morgan fingerprint density at radius 1 is 1.17 bits per heavy atom. The van der Waals surface area contributed by atoms with E-state index < -0.39 is 0 Å². The molecule has 1 unspecified atom stereocenters. The first-order chi connectivity index (χ1) is 11.2. The van der Waals surface area contributed by atoms with Crippen LogP contribution < -0.4 is 14.8 Å². The lowest BCUT2D eigenvalue weighted by atomic mass is 10.1. The number of hydrogen-bond donors (Lipinski definition) is 1. The maximum atomic E-state index is 12.6. The number of carbonyl (C=O) groups excluding carboxylic acids is 1. The number of aryl methyl sites for hydroxylation is 1. The zero-order valence-corrected chi connectivity index (χ0v) is 12.9. The molecule has 23 heavy (non-hydrogen) atoms. The molecule has 1 heterocycles. The summed E-state index contributed by atoms with van der Waals surface area (Å²) in [5.41, 5.74) is 3.29. The van der Waals surface area contributed by atoms with Crippen LogP contribution in [0.4, 0.5) is 10.5 Å². The summed E-state index contributed by atoms with van der Waals surface area (Å²) in [4.78, 5) is 14.3. The molecule has 0 fully saturated rings. The SMILES string of the molecule is CN(C(=O)Nc1ccc2c(c1)OCO2)C1CCc2ccccc21. The maximum absolute atomic E-state index is 12.6. The monoisotopic (exact) mass is 310 g/mol. The molecule has 0 bridgehead atoms. The van der Waals surface area contributed by atoms with Gasteiger partial charge in [0.05, 0.1) is 6.04 Å². The largest absolute Gasteiger partial charge is 0.454 e. The molecule has 2 aliphatic rings. The third kappa shape index (κ3) is 2.48. The fraction of sp³-hybridized carbons (Fsp3) is 0.278. The van der Waals surface area contributed by atoms with E-state index in [9.17, 15) is 4.79 Å². The van der Waals surface area contributed by atoms with Gasteiger partial charge in [-0.15, -0.1) is 0 Å². The summed E-state index contributed by atoms with van der Waals surface area (Å²) in [5, 5.41) is 2.93. The highest BCUT2D eigenvalue weighted by Crippen LogP contribution is 2.36. The molecule has 0 radical (unpaired) electrons. The highest BCUT2D eigenvalue weighted by atomic mass is 16.7. The predicted octanol–water partition coefficient (Wildman–Crippen LogP) is 3.57. The van der Waals surface area contributed by atoms with Gasteiger partial charge in [-0.25, -0.2) is 4.79 Å². The number of amides is 2. The summed E-state index contributed by atoms with van der Waals surface area (Å²) in [7, 11) is 1.84. The third-order valence-corrected chi connectivity index (χ3v) is 4.51. The van der Waals surface area contributed by atoms with Crippen molar-refractivity contribution in [3.05, 3.63) is 53.6 Å². The van der Waals surface area contributed by atoms with Crippen LogP contribution in [0.15, 0.2) is 42.5 Å². The van der Waals surface area contributed by atoms with Crippen LogP contribution in [0.2, 0.25) is 0 Å². The van der Waals surface area contributed by atoms with Crippen molar-refractivity contribution in [3.8, 4) is 11.5 Å². The van der Waals surface area contributed by atoms with Gasteiger partial charge in [0, 0.05) is 18.8 Å². The van der Waals surface area contributed by atoms with Gasteiger partial charge >= 0.3 is 6.03 Å². The van der Waals surface area contributed by atoms with Gasteiger partial charge in [0.2, 0.25) is 6.79 Å². The van der Waals surface area contributed by atoms with E-state index in [2.05, 4.69) is 17.4 Å². The molecule has 4 rings (SSSR count). The fourth-order valence-electron chi connectivity index (χ4n) is 3.26. The predicted molar refractivity (Wildman–Crippen MR) is 86.9 cm³/mol. The van der Waals surface area contributed by atoms with Gasteiger partial charge in [0.15, 0.2) is 11.5 Å². The number of ether oxygens (including phenoxy) is 2. The molecule has 2 aromatic rings. The molecular weight excluding hydrogens is 292 g/mol. The number of fused-ring (bicyclic) bond motifs is 2. The summed E-state index contributed by atoms with van der Waals surface area (Å²) in [6.45, 7) is 0.228. The van der Waals surface area contributed by atoms with Crippen molar-refractivity contribution >= 4 is 11.7 Å². The zero-order valence-electron chi connectivity index (χ0n) is 12.9. The molecule has 0 saturated carbocycles. The van der Waals surface area contributed by atoms with Crippen molar-refractivity contribution in [1.82, 2.24) is 4.90 Å². The fourth-order valence-corrected chi connectivity index (χ4v) is 3.26. The molecule has 5 nitrogen and oxygen atoms in total. The average Bonchev–Trinajstić information content (AvgIpc) is 3.20. The first-order valence-electron chi connectivity index (χ1n) is 7.73. The summed E-state index contributed by atoms with van der Waals surface area (Å²) in [6.07, 6.45) is 1.98. The number of urea groups is 1. The van der Waals surface area contributed by atoms with Crippen molar-refractivity contribution in [2.24, 2.45) is 0 Å².